The molecule has 1 unspecified atom stereocenters. The molecule has 0 saturated carbocycles. The predicted octanol–water partition coefficient (Wildman–Crippen LogP) is 2.35. The van der Waals surface area contributed by atoms with Crippen LogP contribution in [-0.2, 0) is 16.0 Å². The number of hydrogen-bond acceptors (Lipinski definition) is 3. The summed E-state index contributed by atoms with van der Waals surface area (Å²) in [5.74, 6) is -0.761. The van der Waals surface area contributed by atoms with Gasteiger partial charge in [0.15, 0.2) is 0 Å². The Labute approximate surface area is 118 Å². The quantitative estimate of drug-likeness (QED) is 0.684. The van der Waals surface area contributed by atoms with Crippen LogP contribution in [0.2, 0.25) is 5.02 Å². The van der Waals surface area contributed by atoms with Crippen LogP contribution >= 0.6 is 11.6 Å². The number of halogens is 1. The van der Waals surface area contributed by atoms with Crippen molar-refractivity contribution in [2.45, 2.75) is 25.3 Å². The summed E-state index contributed by atoms with van der Waals surface area (Å²) in [5.41, 5.74) is 1.18. The van der Waals surface area contributed by atoms with Crippen molar-refractivity contribution in [2.24, 2.45) is 0 Å². The second-order valence-corrected chi connectivity index (χ2v) is 4.87. The SMILES string of the molecule is COCC(Cc1ccc(Cl)cc1)NCCCC(=O)O. The van der Waals surface area contributed by atoms with Crippen molar-refractivity contribution < 1.29 is 14.6 Å². The molecule has 19 heavy (non-hydrogen) atoms. The van der Waals surface area contributed by atoms with E-state index in [0.29, 0.717) is 19.6 Å². The number of rotatable bonds is 9. The Morgan fingerprint density at radius 1 is 1.42 bits per heavy atom. The fourth-order valence-corrected chi connectivity index (χ4v) is 1.97. The average molecular weight is 286 g/mol. The highest BCUT2D eigenvalue weighted by Gasteiger charge is 2.09. The highest BCUT2D eigenvalue weighted by Crippen LogP contribution is 2.11. The normalized spacial score (nSPS) is 12.3. The molecule has 0 saturated heterocycles. The van der Waals surface area contributed by atoms with E-state index in [2.05, 4.69) is 5.32 Å². The third-order valence-corrected chi connectivity index (χ3v) is 3.02. The summed E-state index contributed by atoms with van der Waals surface area (Å²) >= 11 is 5.85. The van der Waals surface area contributed by atoms with E-state index in [1.807, 2.05) is 24.3 Å². The maximum atomic E-state index is 10.4. The smallest absolute Gasteiger partial charge is 0.303 e. The lowest BCUT2D eigenvalue weighted by Gasteiger charge is -2.18. The van der Waals surface area contributed by atoms with E-state index < -0.39 is 5.97 Å². The van der Waals surface area contributed by atoms with Crippen molar-refractivity contribution in [1.82, 2.24) is 5.32 Å². The van der Waals surface area contributed by atoms with E-state index in [9.17, 15) is 4.79 Å². The van der Waals surface area contributed by atoms with Gasteiger partial charge < -0.3 is 15.2 Å². The molecule has 1 atom stereocenters. The molecule has 4 nitrogen and oxygen atoms in total. The Bertz CT molecular complexity index is 381. The van der Waals surface area contributed by atoms with Gasteiger partial charge in [-0.25, -0.2) is 0 Å². The molecule has 0 fully saturated rings. The minimum atomic E-state index is -0.761. The van der Waals surface area contributed by atoms with Crippen LogP contribution in [0.5, 0.6) is 0 Å². The third kappa shape index (κ3) is 7.15. The van der Waals surface area contributed by atoms with E-state index in [1.165, 1.54) is 5.56 Å². The minimum absolute atomic E-state index is 0.181. The van der Waals surface area contributed by atoms with Gasteiger partial charge in [0.1, 0.15) is 0 Å². The maximum absolute atomic E-state index is 10.4. The van der Waals surface area contributed by atoms with Crippen molar-refractivity contribution in [1.29, 1.82) is 0 Å². The molecular weight excluding hydrogens is 266 g/mol. The van der Waals surface area contributed by atoms with Crippen molar-refractivity contribution in [3.8, 4) is 0 Å². The summed E-state index contributed by atoms with van der Waals surface area (Å²) in [4.78, 5) is 10.4. The molecule has 0 aliphatic heterocycles. The van der Waals surface area contributed by atoms with Crippen molar-refractivity contribution in [3.05, 3.63) is 34.9 Å². The van der Waals surface area contributed by atoms with Crippen LogP contribution in [0.15, 0.2) is 24.3 Å². The van der Waals surface area contributed by atoms with Gasteiger partial charge in [0.05, 0.1) is 6.61 Å². The molecule has 0 radical (unpaired) electrons. The molecule has 0 aromatic heterocycles. The van der Waals surface area contributed by atoms with E-state index >= 15 is 0 Å². The second-order valence-electron chi connectivity index (χ2n) is 4.43. The molecule has 0 aliphatic carbocycles. The van der Waals surface area contributed by atoms with E-state index in [0.717, 1.165) is 11.4 Å². The molecule has 0 heterocycles. The average Bonchev–Trinajstić information content (AvgIpc) is 2.37. The van der Waals surface area contributed by atoms with Gasteiger partial charge in [-0.15, -0.1) is 0 Å². The summed E-state index contributed by atoms with van der Waals surface area (Å²) in [6.45, 7) is 1.27. The molecule has 0 aliphatic rings. The lowest BCUT2D eigenvalue weighted by atomic mass is 10.1. The highest BCUT2D eigenvalue weighted by atomic mass is 35.5. The zero-order chi connectivity index (χ0) is 14.1. The minimum Gasteiger partial charge on any atom is -0.481 e. The van der Waals surface area contributed by atoms with Gasteiger partial charge in [0.2, 0.25) is 0 Å². The number of carbonyl (C=O) groups is 1. The largest absolute Gasteiger partial charge is 0.481 e. The second kappa shape index (κ2) is 8.91. The van der Waals surface area contributed by atoms with Gasteiger partial charge in [0.25, 0.3) is 0 Å². The van der Waals surface area contributed by atoms with Crippen LogP contribution in [0.1, 0.15) is 18.4 Å². The molecule has 106 valence electrons. The van der Waals surface area contributed by atoms with E-state index in [4.69, 9.17) is 21.4 Å². The zero-order valence-corrected chi connectivity index (χ0v) is 11.8. The summed E-state index contributed by atoms with van der Waals surface area (Å²) in [6.07, 6.45) is 1.64. The molecule has 0 bridgehead atoms. The van der Waals surface area contributed by atoms with Gasteiger partial charge in [-0.2, -0.15) is 0 Å². The summed E-state index contributed by atoms with van der Waals surface area (Å²) in [6, 6.07) is 7.89. The number of ether oxygens (including phenoxy) is 1. The van der Waals surface area contributed by atoms with Gasteiger partial charge in [-0.3, -0.25) is 4.79 Å². The fourth-order valence-electron chi connectivity index (χ4n) is 1.84. The zero-order valence-electron chi connectivity index (χ0n) is 11.1. The molecule has 0 spiro atoms. The summed E-state index contributed by atoms with van der Waals surface area (Å²) < 4.78 is 5.17. The molecular formula is C14H20ClNO3. The summed E-state index contributed by atoms with van der Waals surface area (Å²) in [7, 11) is 1.66. The Hall–Kier alpha value is -1.10. The fraction of sp³-hybridized carbons (Fsp3) is 0.500. The molecule has 5 heteroatoms. The van der Waals surface area contributed by atoms with Gasteiger partial charge in [-0.05, 0) is 37.1 Å². The monoisotopic (exact) mass is 285 g/mol. The topological polar surface area (TPSA) is 58.6 Å². The van der Waals surface area contributed by atoms with E-state index in [-0.39, 0.29) is 12.5 Å². The first-order valence-electron chi connectivity index (χ1n) is 6.30. The first-order valence-corrected chi connectivity index (χ1v) is 6.68. The third-order valence-electron chi connectivity index (χ3n) is 2.76. The standard InChI is InChI=1S/C14H20ClNO3/c1-19-10-13(16-8-2-3-14(17)18)9-11-4-6-12(15)7-5-11/h4-7,13,16H,2-3,8-10H2,1H3,(H,17,18). The lowest BCUT2D eigenvalue weighted by Crippen LogP contribution is -2.36. The van der Waals surface area contributed by atoms with Crippen molar-refractivity contribution in [2.75, 3.05) is 20.3 Å². The lowest BCUT2D eigenvalue weighted by molar-refractivity contribution is -0.137. The Balaban J connectivity index is 2.39. The van der Waals surface area contributed by atoms with Gasteiger partial charge in [0, 0.05) is 24.6 Å². The molecule has 1 aromatic rings. The van der Waals surface area contributed by atoms with Crippen LogP contribution in [-0.4, -0.2) is 37.4 Å². The van der Waals surface area contributed by atoms with Crippen molar-refractivity contribution in [3.63, 3.8) is 0 Å². The van der Waals surface area contributed by atoms with Crippen LogP contribution in [0.4, 0.5) is 0 Å². The van der Waals surface area contributed by atoms with Gasteiger partial charge >= 0.3 is 5.97 Å². The maximum Gasteiger partial charge on any atom is 0.303 e. The number of carboxylic acid groups (broad SMARTS) is 1. The first-order chi connectivity index (χ1) is 9.11. The van der Waals surface area contributed by atoms with Crippen molar-refractivity contribution >= 4 is 17.6 Å². The number of aliphatic carboxylic acids is 1. The number of methoxy groups -OCH3 is 1. The molecule has 2 N–H and O–H groups in total. The number of nitrogens with one attached hydrogen (secondary N) is 1. The van der Waals surface area contributed by atoms with Gasteiger partial charge in [-0.1, -0.05) is 23.7 Å². The molecule has 0 amide bonds. The molecule has 1 aromatic carbocycles. The van der Waals surface area contributed by atoms with Crippen LogP contribution in [0.25, 0.3) is 0 Å². The number of carboxylic acids is 1. The van der Waals surface area contributed by atoms with Crippen LogP contribution in [0, 0.1) is 0 Å². The Morgan fingerprint density at radius 3 is 2.68 bits per heavy atom. The number of hydrogen-bond donors (Lipinski definition) is 2. The first kappa shape index (κ1) is 16.0. The number of benzene rings is 1. The Morgan fingerprint density at radius 2 is 2.11 bits per heavy atom. The highest BCUT2D eigenvalue weighted by molar-refractivity contribution is 6.30. The van der Waals surface area contributed by atoms with Crippen LogP contribution < -0.4 is 5.32 Å². The predicted molar refractivity (Wildman–Crippen MR) is 75.7 cm³/mol. The van der Waals surface area contributed by atoms with E-state index in [1.54, 1.807) is 7.11 Å². The van der Waals surface area contributed by atoms with Crippen LogP contribution in [0.3, 0.4) is 0 Å². The summed E-state index contributed by atoms with van der Waals surface area (Å²) in [5, 5.41) is 12.6. The molecule has 1 rings (SSSR count). The Kier molecular flexibility index (Phi) is 7.48.